The predicted molar refractivity (Wildman–Crippen MR) is 107 cm³/mol. The molecule has 1 amide bonds. The van der Waals surface area contributed by atoms with Crippen LogP contribution in [0, 0.1) is 6.92 Å². The lowest BCUT2D eigenvalue weighted by atomic mass is 10.1. The van der Waals surface area contributed by atoms with Crippen molar-refractivity contribution in [2.75, 3.05) is 18.8 Å². The maximum Gasteiger partial charge on any atom is 0.281 e. The zero-order chi connectivity index (χ0) is 19.1. The Morgan fingerprint density at radius 1 is 1.30 bits per heavy atom. The number of benzene rings is 2. The first-order chi connectivity index (χ1) is 13.0. The number of ether oxygens (including phenoxy) is 3. The molecule has 138 valence electrons. The topological polar surface area (TPSA) is 60.0 Å². The van der Waals surface area contributed by atoms with Crippen molar-refractivity contribution in [2.45, 2.75) is 6.92 Å². The molecule has 0 spiro atoms. The van der Waals surface area contributed by atoms with Crippen molar-refractivity contribution in [3.63, 3.8) is 0 Å². The molecule has 0 aromatic heterocycles. The monoisotopic (exact) mass is 402 g/mol. The Kier molecular flexibility index (Phi) is 4.41. The highest BCUT2D eigenvalue weighted by Crippen LogP contribution is 2.42. The quantitative estimate of drug-likeness (QED) is 0.624. The average Bonchev–Trinajstić information content (AvgIpc) is 3.20. The standard InChI is InChI=1S/C19H15ClN2O4S/c1-10-5-12(20)3-4-14(10)22-18(23)13(21-19(22)27)6-11-7-15(24-2)17-16(8-11)25-9-26-17/h3-8H,9H2,1-2H3,(H,21,27)/b13-6-. The molecule has 0 atom stereocenters. The number of carbonyl (C=O) groups is 1. The molecule has 1 saturated heterocycles. The molecule has 0 unspecified atom stereocenters. The summed E-state index contributed by atoms with van der Waals surface area (Å²) in [6.07, 6.45) is 1.70. The van der Waals surface area contributed by atoms with E-state index in [4.69, 9.17) is 38.0 Å². The number of thiocarbonyl (C=S) groups is 1. The van der Waals surface area contributed by atoms with Crippen LogP contribution in [0.2, 0.25) is 5.02 Å². The summed E-state index contributed by atoms with van der Waals surface area (Å²) in [7, 11) is 1.55. The highest BCUT2D eigenvalue weighted by Gasteiger charge is 2.33. The van der Waals surface area contributed by atoms with Crippen molar-refractivity contribution in [1.29, 1.82) is 0 Å². The van der Waals surface area contributed by atoms with Crippen LogP contribution in [-0.2, 0) is 4.79 Å². The Labute approximate surface area is 166 Å². The number of nitrogens with zero attached hydrogens (tertiary/aromatic N) is 1. The number of hydrogen-bond donors (Lipinski definition) is 1. The van der Waals surface area contributed by atoms with Gasteiger partial charge in [0.1, 0.15) is 5.70 Å². The number of aryl methyl sites for hydroxylation is 1. The van der Waals surface area contributed by atoms with Crippen LogP contribution in [0.15, 0.2) is 36.0 Å². The van der Waals surface area contributed by atoms with E-state index in [1.54, 1.807) is 43.5 Å². The Hall–Kier alpha value is -2.77. The van der Waals surface area contributed by atoms with Crippen molar-refractivity contribution < 1.29 is 19.0 Å². The van der Waals surface area contributed by atoms with Crippen molar-refractivity contribution >= 4 is 46.6 Å². The van der Waals surface area contributed by atoms with Gasteiger partial charge in [-0.1, -0.05) is 11.6 Å². The summed E-state index contributed by atoms with van der Waals surface area (Å²) >= 11 is 11.4. The van der Waals surface area contributed by atoms with Gasteiger partial charge in [-0.2, -0.15) is 0 Å². The van der Waals surface area contributed by atoms with E-state index in [0.717, 1.165) is 11.1 Å². The van der Waals surface area contributed by atoms with Crippen molar-refractivity contribution in [3.05, 3.63) is 52.2 Å². The molecule has 0 bridgehead atoms. The molecule has 4 rings (SSSR count). The fraction of sp³-hybridized carbons (Fsp3) is 0.158. The summed E-state index contributed by atoms with van der Waals surface area (Å²) in [5.74, 6) is 1.41. The van der Waals surface area contributed by atoms with Gasteiger partial charge in [0.05, 0.1) is 12.8 Å². The molecule has 1 fully saturated rings. The Balaban J connectivity index is 1.70. The van der Waals surface area contributed by atoms with Crippen LogP contribution < -0.4 is 24.4 Å². The van der Waals surface area contributed by atoms with E-state index in [-0.39, 0.29) is 12.7 Å². The number of halogens is 1. The third-order valence-electron chi connectivity index (χ3n) is 4.27. The van der Waals surface area contributed by atoms with Gasteiger partial charge in [-0.05, 0) is 66.7 Å². The molecule has 2 aliphatic rings. The number of nitrogens with one attached hydrogen (secondary N) is 1. The number of anilines is 1. The van der Waals surface area contributed by atoms with E-state index in [1.807, 2.05) is 6.92 Å². The number of amides is 1. The Morgan fingerprint density at radius 3 is 2.85 bits per heavy atom. The molecule has 27 heavy (non-hydrogen) atoms. The third kappa shape index (κ3) is 3.09. The number of carbonyl (C=O) groups excluding carboxylic acids is 1. The molecule has 0 radical (unpaired) electrons. The average molecular weight is 403 g/mol. The molecular formula is C19H15ClN2O4S. The fourth-order valence-corrected chi connectivity index (χ4v) is 3.54. The second kappa shape index (κ2) is 6.75. The van der Waals surface area contributed by atoms with E-state index < -0.39 is 0 Å². The van der Waals surface area contributed by atoms with Crippen LogP contribution in [0.1, 0.15) is 11.1 Å². The minimum absolute atomic E-state index is 0.136. The van der Waals surface area contributed by atoms with Crippen molar-refractivity contribution in [3.8, 4) is 17.2 Å². The minimum Gasteiger partial charge on any atom is -0.493 e. The Bertz CT molecular complexity index is 1010. The van der Waals surface area contributed by atoms with Gasteiger partial charge in [-0.15, -0.1) is 0 Å². The summed E-state index contributed by atoms with van der Waals surface area (Å²) in [6, 6.07) is 8.85. The van der Waals surface area contributed by atoms with Gasteiger partial charge < -0.3 is 19.5 Å². The van der Waals surface area contributed by atoms with Crippen LogP contribution in [0.3, 0.4) is 0 Å². The molecule has 2 aromatic rings. The number of rotatable bonds is 3. The fourth-order valence-electron chi connectivity index (χ4n) is 3.02. The normalized spacial score (nSPS) is 16.9. The lowest BCUT2D eigenvalue weighted by Gasteiger charge is -2.16. The van der Waals surface area contributed by atoms with Crippen LogP contribution >= 0.6 is 23.8 Å². The highest BCUT2D eigenvalue weighted by molar-refractivity contribution is 7.80. The Morgan fingerprint density at radius 2 is 2.11 bits per heavy atom. The first kappa shape index (κ1) is 17.6. The molecule has 2 aliphatic heterocycles. The molecule has 2 heterocycles. The minimum atomic E-state index is -0.248. The lowest BCUT2D eigenvalue weighted by Crippen LogP contribution is -2.30. The summed E-state index contributed by atoms with van der Waals surface area (Å²) in [4.78, 5) is 14.4. The molecule has 1 N–H and O–H groups in total. The summed E-state index contributed by atoms with van der Waals surface area (Å²) in [5, 5.41) is 3.88. The molecule has 0 aliphatic carbocycles. The molecule has 2 aromatic carbocycles. The maximum absolute atomic E-state index is 12.9. The van der Waals surface area contributed by atoms with Gasteiger partial charge in [0.25, 0.3) is 5.91 Å². The van der Waals surface area contributed by atoms with E-state index in [2.05, 4.69) is 5.32 Å². The zero-order valence-corrected chi connectivity index (χ0v) is 16.1. The largest absolute Gasteiger partial charge is 0.493 e. The predicted octanol–water partition coefficient (Wildman–Crippen LogP) is 3.65. The maximum atomic E-state index is 12.9. The molecule has 8 heteroatoms. The van der Waals surface area contributed by atoms with Crippen LogP contribution in [0.5, 0.6) is 17.2 Å². The second-order valence-electron chi connectivity index (χ2n) is 6.02. The second-order valence-corrected chi connectivity index (χ2v) is 6.84. The molecule has 0 saturated carbocycles. The van der Waals surface area contributed by atoms with E-state index >= 15 is 0 Å². The summed E-state index contributed by atoms with van der Waals surface area (Å²) < 4.78 is 16.2. The van der Waals surface area contributed by atoms with E-state index in [9.17, 15) is 4.79 Å². The zero-order valence-electron chi connectivity index (χ0n) is 14.5. The highest BCUT2D eigenvalue weighted by atomic mass is 35.5. The van der Waals surface area contributed by atoms with Crippen molar-refractivity contribution in [2.24, 2.45) is 0 Å². The number of methoxy groups -OCH3 is 1. The van der Waals surface area contributed by atoms with Crippen molar-refractivity contribution in [1.82, 2.24) is 5.32 Å². The van der Waals surface area contributed by atoms with Crippen LogP contribution in [0.25, 0.3) is 6.08 Å². The van der Waals surface area contributed by atoms with Gasteiger partial charge in [-0.3, -0.25) is 9.69 Å². The van der Waals surface area contributed by atoms with Crippen LogP contribution in [-0.4, -0.2) is 24.9 Å². The van der Waals surface area contributed by atoms with Gasteiger partial charge in [0.15, 0.2) is 16.6 Å². The number of hydrogen-bond acceptors (Lipinski definition) is 5. The van der Waals surface area contributed by atoms with Gasteiger partial charge in [-0.25, -0.2) is 0 Å². The van der Waals surface area contributed by atoms with Crippen LogP contribution in [0.4, 0.5) is 5.69 Å². The molecular weight excluding hydrogens is 388 g/mol. The molecule has 6 nitrogen and oxygen atoms in total. The SMILES string of the molecule is COc1cc(/C=C2\NC(=S)N(c3ccc(Cl)cc3C)C2=O)cc2c1OCO2. The smallest absolute Gasteiger partial charge is 0.281 e. The number of fused-ring (bicyclic) bond motifs is 1. The third-order valence-corrected chi connectivity index (χ3v) is 4.79. The summed E-state index contributed by atoms with van der Waals surface area (Å²) in [6.45, 7) is 2.01. The first-order valence-corrected chi connectivity index (χ1v) is 8.87. The lowest BCUT2D eigenvalue weighted by molar-refractivity contribution is -0.113. The summed E-state index contributed by atoms with van der Waals surface area (Å²) in [5.41, 5.74) is 2.62. The van der Waals surface area contributed by atoms with Gasteiger partial charge in [0.2, 0.25) is 12.5 Å². The van der Waals surface area contributed by atoms with E-state index in [1.165, 1.54) is 4.90 Å². The van der Waals surface area contributed by atoms with E-state index in [0.29, 0.717) is 38.8 Å². The van der Waals surface area contributed by atoms with Gasteiger partial charge in [0, 0.05) is 5.02 Å². The first-order valence-electron chi connectivity index (χ1n) is 8.09. The van der Waals surface area contributed by atoms with Gasteiger partial charge >= 0.3 is 0 Å².